The quantitative estimate of drug-likeness (QED) is 0.455. The van der Waals surface area contributed by atoms with E-state index in [9.17, 15) is 9.90 Å². The molecule has 12 heteroatoms. The number of aliphatic hydroxyl groups is 1. The van der Waals surface area contributed by atoms with Gasteiger partial charge in [-0.25, -0.2) is 9.79 Å². The van der Waals surface area contributed by atoms with Crippen LogP contribution in [0, 0.1) is 0 Å². The highest BCUT2D eigenvalue weighted by Crippen LogP contribution is 2.09. The van der Waals surface area contributed by atoms with Crippen molar-refractivity contribution in [3.05, 3.63) is 22.3 Å². The normalized spacial score (nSPS) is 16.4. The number of hydrogen-bond donors (Lipinski definition) is 5. The monoisotopic (exact) mass is 388 g/mol. The number of halogens is 2. The Bertz CT molecular complexity index is 662. The molecule has 0 saturated heterocycles. The van der Waals surface area contributed by atoms with Crippen molar-refractivity contribution in [2.75, 3.05) is 18.4 Å². The van der Waals surface area contributed by atoms with Crippen molar-refractivity contribution < 1.29 is 9.90 Å². The summed E-state index contributed by atoms with van der Waals surface area (Å²) < 4.78 is 0. The predicted octanol–water partition coefficient (Wildman–Crippen LogP) is 0.851. The maximum atomic E-state index is 11.7. The summed E-state index contributed by atoms with van der Waals surface area (Å²) in [6.07, 6.45) is 2.07. The number of urea groups is 1. The number of anilines is 1. The molecule has 2 amide bonds. The Kier molecular flexibility index (Phi) is 7.16. The van der Waals surface area contributed by atoms with Crippen molar-refractivity contribution in [1.82, 2.24) is 30.9 Å². The SMILES string of the molecule is CC1=CC(O)N=C(NC(=O)NCCCCNc2nc(Cl)nc(Cl)n2)N1. The van der Waals surface area contributed by atoms with Crippen LogP contribution in [0.4, 0.5) is 10.7 Å². The van der Waals surface area contributed by atoms with Gasteiger partial charge in [0.05, 0.1) is 0 Å². The molecule has 10 nitrogen and oxygen atoms in total. The van der Waals surface area contributed by atoms with Gasteiger partial charge in [-0.1, -0.05) is 0 Å². The third-order valence-electron chi connectivity index (χ3n) is 2.96. The Morgan fingerprint density at radius 1 is 1.24 bits per heavy atom. The van der Waals surface area contributed by atoms with E-state index in [-0.39, 0.29) is 16.5 Å². The molecule has 136 valence electrons. The topological polar surface area (TPSA) is 136 Å². The van der Waals surface area contributed by atoms with Gasteiger partial charge in [-0.3, -0.25) is 5.32 Å². The lowest BCUT2D eigenvalue weighted by atomic mass is 10.3. The molecule has 0 aliphatic carbocycles. The van der Waals surface area contributed by atoms with Gasteiger partial charge in [0.1, 0.15) is 0 Å². The molecule has 0 radical (unpaired) electrons. The number of nitrogens with one attached hydrogen (secondary N) is 4. The van der Waals surface area contributed by atoms with Gasteiger partial charge in [-0.05, 0) is 49.0 Å². The van der Waals surface area contributed by atoms with E-state index >= 15 is 0 Å². The number of hydrogen-bond acceptors (Lipinski definition) is 8. The van der Waals surface area contributed by atoms with Crippen molar-refractivity contribution in [3.63, 3.8) is 0 Å². The van der Waals surface area contributed by atoms with Gasteiger partial charge in [-0.2, -0.15) is 15.0 Å². The molecule has 0 bridgehead atoms. The highest BCUT2D eigenvalue weighted by atomic mass is 35.5. The summed E-state index contributed by atoms with van der Waals surface area (Å²) >= 11 is 11.3. The van der Waals surface area contributed by atoms with E-state index in [4.69, 9.17) is 23.2 Å². The second-order valence-corrected chi connectivity index (χ2v) is 5.75. The van der Waals surface area contributed by atoms with Crippen LogP contribution in [-0.4, -0.2) is 51.4 Å². The number of aromatic nitrogens is 3. The number of unbranched alkanes of at least 4 members (excludes halogenated alkanes) is 1. The first-order valence-electron chi connectivity index (χ1n) is 7.49. The fourth-order valence-electron chi connectivity index (χ4n) is 1.93. The molecule has 1 aliphatic rings. The Hall–Kier alpha value is -2.17. The first-order chi connectivity index (χ1) is 11.9. The van der Waals surface area contributed by atoms with Crippen LogP contribution >= 0.6 is 23.2 Å². The van der Waals surface area contributed by atoms with Gasteiger partial charge in [-0.15, -0.1) is 0 Å². The smallest absolute Gasteiger partial charge is 0.321 e. The molecule has 2 heterocycles. The fourth-order valence-corrected chi connectivity index (χ4v) is 2.29. The van der Waals surface area contributed by atoms with Crippen LogP contribution in [0.25, 0.3) is 0 Å². The van der Waals surface area contributed by atoms with E-state index in [1.165, 1.54) is 6.08 Å². The number of guanidine groups is 1. The first kappa shape index (κ1) is 19.2. The van der Waals surface area contributed by atoms with Crippen molar-refractivity contribution >= 4 is 41.1 Å². The van der Waals surface area contributed by atoms with E-state index in [0.717, 1.165) is 12.8 Å². The Balaban J connectivity index is 1.59. The summed E-state index contributed by atoms with van der Waals surface area (Å²) in [6, 6.07) is -0.405. The minimum atomic E-state index is -0.958. The summed E-state index contributed by atoms with van der Waals surface area (Å²) in [5.41, 5.74) is 0.711. The molecule has 25 heavy (non-hydrogen) atoms. The van der Waals surface area contributed by atoms with Gasteiger partial charge in [0.15, 0.2) is 6.23 Å². The van der Waals surface area contributed by atoms with Crippen LogP contribution in [0.15, 0.2) is 16.8 Å². The number of amides is 2. The summed E-state index contributed by atoms with van der Waals surface area (Å²) in [4.78, 5) is 27.0. The standard InChI is InChI=1S/C13H18Cl2N8O2/c1-7-6-8(24)19-12(18-7)23-13(25)17-5-3-2-4-16-11-21-9(14)20-10(15)22-11/h6,8,24H,2-5H2,1H3,(H,16,20,21,22)(H3,17,18,19,23,25). The second kappa shape index (κ2) is 9.35. The van der Waals surface area contributed by atoms with E-state index in [2.05, 4.69) is 41.2 Å². The van der Waals surface area contributed by atoms with Crippen LogP contribution in [0.1, 0.15) is 19.8 Å². The highest BCUT2D eigenvalue weighted by Gasteiger charge is 2.12. The Morgan fingerprint density at radius 3 is 2.60 bits per heavy atom. The van der Waals surface area contributed by atoms with E-state index in [1.54, 1.807) is 6.92 Å². The lowest BCUT2D eigenvalue weighted by Gasteiger charge is -2.17. The van der Waals surface area contributed by atoms with E-state index in [0.29, 0.717) is 24.7 Å². The summed E-state index contributed by atoms with van der Waals surface area (Å²) in [7, 11) is 0. The number of carbonyl (C=O) groups excluding carboxylic acids is 1. The van der Waals surface area contributed by atoms with Crippen molar-refractivity contribution in [2.24, 2.45) is 4.99 Å². The first-order valence-corrected chi connectivity index (χ1v) is 8.25. The van der Waals surface area contributed by atoms with Crippen molar-refractivity contribution in [3.8, 4) is 0 Å². The maximum Gasteiger partial charge on any atom is 0.321 e. The second-order valence-electron chi connectivity index (χ2n) is 5.08. The summed E-state index contributed by atoms with van der Waals surface area (Å²) in [5, 5.41) is 20.5. The maximum absolute atomic E-state index is 11.7. The fraction of sp³-hybridized carbons (Fsp3) is 0.462. The molecule has 0 aromatic carbocycles. The highest BCUT2D eigenvalue weighted by molar-refractivity contribution is 6.31. The predicted molar refractivity (Wildman–Crippen MR) is 94.4 cm³/mol. The number of nitrogens with zero attached hydrogens (tertiary/aromatic N) is 4. The van der Waals surface area contributed by atoms with Crippen LogP contribution in [0.3, 0.4) is 0 Å². The van der Waals surface area contributed by atoms with E-state index in [1.807, 2.05) is 0 Å². The molecule has 1 atom stereocenters. The molecule has 5 N–H and O–H groups in total. The third kappa shape index (κ3) is 7.08. The minimum absolute atomic E-state index is 0.0234. The lowest BCUT2D eigenvalue weighted by Crippen LogP contribution is -2.47. The molecule has 0 spiro atoms. The third-order valence-corrected chi connectivity index (χ3v) is 3.30. The van der Waals surface area contributed by atoms with Crippen LogP contribution in [0.2, 0.25) is 10.6 Å². The van der Waals surface area contributed by atoms with Gasteiger partial charge in [0.2, 0.25) is 22.5 Å². The van der Waals surface area contributed by atoms with Gasteiger partial charge >= 0.3 is 6.03 Å². The molecule has 0 fully saturated rings. The average molecular weight is 389 g/mol. The molecule has 1 aromatic heterocycles. The zero-order valence-electron chi connectivity index (χ0n) is 13.4. The molecule has 1 aromatic rings. The van der Waals surface area contributed by atoms with Crippen LogP contribution in [-0.2, 0) is 0 Å². The summed E-state index contributed by atoms with van der Waals surface area (Å²) in [6.45, 7) is 2.82. The molecule has 0 saturated carbocycles. The number of aliphatic imine (C=N–C) groups is 1. The van der Waals surface area contributed by atoms with Crippen LogP contribution < -0.4 is 21.3 Å². The van der Waals surface area contributed by atoms with Gasteiger partial charge < -0.3 is 21.1 Å². The minimum Gasteiger partial charge on any atom is -0.368 e. The van der Waals surface area contributed by atoms with E-state index < -0.39 is 12.3 Å². The molecule has 2 rings (SSSR count). The average Bonchev–Trinajstić information content (AvgIpc) is 2.48. The number of carbonyl (C=O) groups is 1. The zero-order chi connectivity index (χ0) is 18.2. The lowest BCUT2D eigenvalue weighted by molar-refractivity contribution is 0.228. The molecule has 1 unspecified atom stereocenters. The number of allylic oxidation sites excluding steroid dienone is 1. The van der Waals surface area contributed by atoms with Crippen LogP contribution in [0.5, 0.6) is 0 Å². The van der Waals surface area contributed by atoms with Gasteiger partial charge in [0.25, 0.3) is 0 Å². The summed E-state index contributed by atoms with van der Waals surface area (Å²) in [5.74, 6) is 0.509. The Labute approximate surface area is 154 Å². The Morgan fingerprint density at radius 2 is 1.92 bits per heavy atom. The molecular weight excluding hydrogens is 371 g/mol. The number of aliphatic hydroxyl groups excluding tert-OH is 1. The van der Waals surface area contributed by atoms with Crippen molar-refractivity contribution in [2.45, 2.75) is 26.0 Å². The largest absolute Gasteiger partial charge is 0.368 e. The number of rotatable bonds is 6. The van der Waals surface area contributed by atoms with Gasteiger partial charge in [0, 0.05) is 18.8 Å². The zero-order valence-corrected chi connectivity index (χ0v) is 14.9. The van der Waals surface area contributed by atoms with Crippen molar-refractivity contribution in [1.29, 1.82) is 0 Å². The molecule has 1 aliphatic heterocycles. The molecular formula is C13H18Cl2N8O2.